The molecule has 4 N–H and O–H groups in total. The normalized spacial score (nSPS) is 18.7. The van der Waals surface area contributed by atoms with Crippen LogP contribution in [0.15, 0.2) is 170 Å². The minimum atomic E-state index is -0.603. The third-order valence-electron chi connectivity index (χ3n) is 18.8. The molecule has 0 radical (unpaired) electrons. The van der Waals surface area contributed by atoms with Gasteiger partial charge in [0.25, 0.3) is 0 Å². The number of ether oxygens (including phenoxy) is 6. The molecule has 0 unspecified atom stereocenters. The van der Waals surface area contributed by atoms with Crippen molar-refractivity contribution in [3.63, 3.8) is 0 Å². The third kappa shape index (κ3) is 10.2. The molecule has 11 heterocycles. The van der Waals surface area contributed by atoms with Gasteiger partial charge in [0.1, 0.15) is 60.9 Å². The van der Waals surface area contributed by atoms with Gasteiger partial charge in [-0.1, -0.05) is 111 Å². The number of benzene rings is 6. The molecule has 18 rings (SSSR count). The van der Waals surface area contributed by atoms with Gasteiger partial charge in [-0.3, -0.25) is 0 Å². The monoisotopic (exact) mass is 1140 g/mol. The zero-order chi connectivity index (χ0) is 59.2. The molecule has 24 bridgehead atoms. The van der Waals surface area contributed by atoms with Gasteiger partial charge in [0.05, 0.1) is 24.0 Å². The first-order valence-corrected chi connectivity index (χ1v) is 31.0. The molecule has 0 saturated carbocycles. The van der Waals surface area contributed by atoms with Crippen molar-refractivity contribution in [2.45, 2.75) is 116 Å². The molecule has 10 heteroatoms. The highest BCUT2D eigenvalue weighted by Crippen LogP contribution is 2.46. The summed E-state index contributed by atoms with van der Waals surface area (Å²) in [5.41, 5.74) is 17.7. The Bertz CT molecular complexity index is 3600. The molecule has 0 fully saturated rings. The van der Waals surface area contributed by atoms with Crippen molar-refractivity contribution < 1.29 is 28.4 Å². The summed E-state index contributed by atoms with van der Waals surface area (Å²) in [4.78, 5) is 16.0. The van der Waals surface area contributed by atoms with Gasteiger partial charge in [-0.2, -0.15) is 0 Å². The van der Waals surface area contributed by atoms with Gasteiger partial charge in [0.2, 0.25) is 0 Å². The van der Waals surface area contributed by atoms with E-state index < -0.39 is 21.7 Å². The standard InChI is InChI=1S/C76H80N4O6/c1-9-39-83-69-49-15-11-16-50(69)46-54-20-14-22-56-48-52-18-12-17-51(70(52)84-40-10-2)47-55-21-13-19-53(45-49)71(55)85-43-41-81-59-27-23-57(24-28-59)75(7)65-35-31-61(77-65)73(3,4)62-32-36-66(78-62)76(8,58-25-29-60(30-26-58)82-42-44-86-72(54)56)68-38-34-64(80-68)74(5,6)63-33-37-67(75)79-63/h11-38,77-80H,9-10,39-48H2,1-8H3. The van der Waals surface area contributed by atoms with E-state index in [-0.39, 0.29) is 0 Å². The van der Waals surface area contributed by atoms with Crippen LogP contribution in [0, 0.1) is 0 Å². The summed E-state index contributed by atoms with van der Waals surface area (Å²) in [7, 11) is 0. The average Bonchev–Trinajstić information content (AvgIpc) is 2.21. The summed E-state index contributed by atoms with van der Waals surface area (Å²) < 4.78 is 40.9. The Morgan fingerprint density at radius 3 is 0.884 bits per heavy atom. The second-order valence-electron chi connectivity index (χ2n) is 25.1. The van der Waals surface area contributed by atoms with Crippen LogP contribution in [0.3, 0.4) is 0 Å². The van der Waals surface area contributed by atoms with Gasteiger partial charge < -0.3 is 48.4 Å². The topological polar surface area (TPSA) is 119 Å². The Kier molecular flexibility index (Phi) is 15.0. The number of hydrogen-bond acceptors (Lipinski definition) is 6. The SMILES string of the molecule is CCCOc1c2cccc1Cc1cccc3c1OCCOc1ccc(cc1)C1(C)c4ccc([nH]4)C(C)(C)c4ccc([nH]4)C(C)(c4ccc(cc4)OCCOc4c(cccc4Cc4cccc(c4OCCC)C3)C2)c2ccc([nH]2)C(C)(C)c2ccc1[nH]2. The molecule has 0 amide bonds. The number of aromatic nitrogens is 4. The molecular formula is C76H80N4O6. The fourth-order valence-electron chi connectivity index (χ4n) is 13.4. The van der Waals surface area contributed by atoms with Crippen molar-refractivity contribution in [3.05, 3.63) is 271 Å². The van der Waals surface area contributed by atoms with E-state index in [1.165, 1.54) is 0 Å². The van der Waals surface area contributed by atoms with Crippen molar-refractivity contribution >= 4 is 0 Å². The maximum Gasteiger partial charge on any atom is 0.126 e. The van der Waals surface area contributed by atoms with Gasteiger partial charge in [0.15, 0.2) is 0 Å². The minimum absolute atomic E-state index is 0.336. The highest BCUT2D eigenvalue weighted by Gasteiger charge is 2.41. The number of para-hydroxylation sites is 4. The van der Waals surface area contributed by atoms with Crippen LogP contribution in [0.4, 0.5) is 0 Å². The van der Waals surface area contributed by atoms with Crippen LogP contribution in [-0.4, -0.2) is 59.6 Å². The summed E-state index contributed by atoms with van der Waals surface area (Å²) in [6, 6.07) is 61.5. The highest BCUT2D eigenvalue weighted by molar-refractivity contribution is 5.58. The van der Waals surface area contributed by atoms with Gasteiger partial charge in [-0.05, 0) is 183 Å². The summed E-state index contributed by atoms with van der Waals surface area (Å²) in [6.07, 6.45) is 4.19. The molecule has 0 atom stereocenters. The Hall–Kier alpha value is -8.76. The fraction of sp³-hybridized carbons (Fsp3) is 0.316. The molecule has 6 aromatic carbocycles. The highest BCUT2D eigenvalue weighted by atomic mass is 16.5. The van der Waals surface area contributed by atoms with E-state index in [0.717, 1.165) is 149 Å². The quantitative estimate of drug-likeness (QED) is 0.132. The van der Waals surface area contributed by atoms with Crippen molar-refractivity contribution in [1.29, 1.82) is 0 Å². The van der Waals surface area contributed by atoms with Crippen LogP contribution in [0.5, 0.6) is 34.5 Å². The smallest absolute Gasteiger partial charge is 0.126 e. The van der Waals surface area contributed by atoms with E-state index >= 15 is 0 Å². The van der Waals surface area contributed by atoms with Crippen LogP contribution in [0.25, 0.3) is 0 Å². The third-order valence-corrected chi connectivity index (χ3v) is 18.8. The van der Waals surface area contributed by atoms with Crippen molar-refractivity contribution in [2.75, 3.05) is 39.6 Å². The molecule has 0 saturated heterocycles. The number of nitrogens with one attached hydrogen (secondary N) is 4. The second-order valence-corrected chi connectivity index (χ2v) is 25.1. The van der Waals surface area contributed by atoms with Gasteiger partial charge in [-0.25, -0.2) is 0 Å². The van der Waals surface area contributed by atoms with Crippen molar-refractivity contribution in [1.82, 2.24) is 19.9 Å². The largest absolute Gasteiger partial charge is 0.493 e. The first kappa shape index (κ1) is 56.4. The molecule has 86 heavy (non-hydrogen) atoms. The Morgan fingerprint density at radius 1 is 0.326 bits per heavy atom. The minimum Gasteiger partial charge on any atom is -0.493 e. The van der Waals surface area contributed by atoms with Crippen molar-refractivity contribution in [2.24, 2.45) is 0 Å². The van der Waals surface area contributed by atoms with E-state index in [2.05, 4.69) is 245 Å². The fourth-order valence-corrected chi connectivity index (χ4v) is 13.4. The number of fused-ring (bicyclic) bond motifs is 2. The van der Waals surface area contributed by atoms with Crippen LogP contribution in [-0.2, 0) is 47.3 Å². The van der Waals surface area contributed by atoms with Crippen LogP contribution in [0.2, 0.25) is 0 Å². The van der Waals surface area contributed by atoms with Gasteiger partial charge in [-0.15, -0.1) is 0 Å². The van der Waals surface area contributed by atoms with Crippen LogP contribution >= 0.6 is 0 Å². The molecule has 10 nitrogen and oxygen atoms in total. The maximum atomic E-state index is 7.02. The Labute approximate surface area is 506 Å². The predicted molar refractivity (Wildman–Crippen MR) is 342 cm³/mol. The molecule has 8 aliphatic rings. The Morgan fingerprint density at radius 2 is 0.593 bits per heavy atom. The molecule has 0 spiro atoms. The van der Waals surface area contributed by atoms with Crippen LogP contribution in [0.1, 0.15) is 169 Å². The average molecular weight is 1150 g/mol. The maximum absolute atomic E-state index is 7.02. The second kappa shape index (κ2) is 22.9. The number of aromatic amines is 4. The predicted octanol–water partition coefficient (Wildman–Crippen LogP) is 16.2. The molecule has 10 aromatic rings. The molecular weight excluding hydrogens is 1060 g/mol. The van der Waals surface area contributed by atoms with E-state index in [1.807, 2.05) is 0 Å². The number of H-pyrrole nitrogens is 4. The zero-order valence-electron chi connectivity index (χ0n) is 51.1. The summed E-state index contributed by atoms with van der Waals surface area (Å²) in [6.45, 7) is 20.7. The molecule has 440 valence electrons. The summed E-state index contributed by atoms with van der Waals surface area (Å²) >= 11 is 0. The van der Waals surface area contributed by atoms with Gasteiger partial charge in [0, 0.05) is 82.1 Å². The lowest BCUT2D eigenvalue weighted by Crippen LogP contribution is -2.29. The van der Waals surface area contributed by atoms with E-state index in [0.29, 0.717) is 65.3 Å². The summed E-state index contributed by atoms with van der Waals surface area (Å²) in [5.74, 6) is 5.07. The molecule has 1 aliphatic carbocycles. The lowest BCUT2D eigenvalue weighted by atomic mass is 9.76. The Balaban J connectivity index is 0.953. The molecule has 7 aliphatic heterocycles. The van der Waals surface area contributed by atoms with E-state index in [1.54, 1.807) is 0 Å². The lowest BCUT2D eigenvalue weighted by molar-refractivity contribution is 0.214. The van der Waals surface area contributed by atoms with Crippen molar-refractivity contribution in [3.8, 4) is 34.5 Å². The first-order valence-electron chi connectivity index (χ1n) is 31.0. The van der Waals surface area contributed by atoms with Crippen LogP contribution < -0.4 is 28.4 Å². The number of rotatable bonds is 6. The summed E-state index contributed by atoms with van der Waals surface area (Å²) in [5, 5.41) is 0. The number of hydrogen-bond donors (Lipinski definition) is 4. The lowest BCUT2D eigenvalue weighted by Gasteiger charge is -2.32. The first-order chi connectivity index (χ1) is 41.7. The zero-order valence-corrected chi connectivity index (χ0v) is 51.1. The van der Waals surface area contributed by atoms with E-state index in [9.17, 15) is 0 Å². The molecule has 4 aromatic heterocycles. The van der Waals surface area contributed by atoms with Gasteiger partial charge >= 0.3 is 0 Å². The van der Waals surface area contributed by atoms with E-state index in [4.69, 9.17) is 28.4 Å².